The molecule has 0 aliphatic carbocycles. The van der Waals surface area contributed by atoms with Crippen molar-refractivity contribution in [3.8, 4) is 0 Å². The molecule has 1 unspecified atom stereocenters. The first-order valence-corrected chi connectivity index (χ1v) is 7.05. The van der Waals surface area contributed by atoms with Crippen LogP contribution in [0.2, 0.25) is 5.02 Å². The average Bonchev–Trinajstić information content (AvgIpc) is 2.34. The SMILES string of the molecule is CC(C)NCCCC(C)OCc1ccc(Cl)cc1. The van der Waals surface area contributed by atoms with Gasteiger partial charge >= 0.3 is 0 Å². The number of ether oxygens (including phenoxy) is 1. The van der Waals surface area contributed by atoms with Crippen LogP contribution in [0, 0.1) is 0 Å². The molecule has 0 aromatic heterocycles. The van der Waals surface area contributed by atoms with Crippen LogP contribution in [0.1, 0.15) is 39.2 Å². The third-order valence-electron chi connectivity index (χ3n) is 2.79. The molecule has 0 saturated heterocycles. The Bertz CT molecular complexity index is 324. The standard InChI is InChI=1S/C15H24ClNO/c1-12(2)17-10-4-5-13(3)18-11-14-6-8-15(16)9-7-14/h6-9,12-13,17H,4-5,10-11H2,1-3H3. The molecule has 0 amide bonds. The minimum Gasteiger partial charge on any atom is -0.374 e. The van der Waals surface area contributed by atoms with Gasteiger partial charge < -0.3 is 10.1 Å². The molecule has 0 saturated carbocycles. The van der Waals surface area contributed by atoms with Crippen LogP contribution in [0.15, 0.2) is 24.3 Å². The molecule has 1 rings (SSSR count). The van der Waals surface area contributed by atoms with Gasteiger partial charge in [0.05, 0.1) is 12.7 Å². The van der Waals surface area contributed by atoms with Gasteiger partial charge in [-0.05, 0) is 44.0 Å². The number of halogens is 1. The molecule has 0 aliphatic heterocycles. The van der Waals surface area contributed by atoms with E-state index in [2.05, 4.69) is 26.1 Å². The summed E-state index contributed by atoms with van der Waals surface area (Å²) in [7, 11) is 0. The Morgan fingerprint density at radius 3 is 2.44 bits per heavy atom. The van der Waals surface area contributed by atoms with Crippen LogP contribution in [0.3, 0.4) is 0 Å². The van der Waals surface area contributed by atoms with Crippen molar-refractivity contribution in [2.75, 3.05) is 6.54 Å². The summed E-state index contributed by atoms with van der Waals surface area (Å²) in [5.74, 6) is 0. The lowest BCUT2D eigenvalue weighted by atomic mass is 10.2. The molecule has 3 heteroatoms. The summed E-state index contributed by atoms with van der Waals surface area (Å²) in [5, 5.41) is 4.18. The molecule has 18 heavy (non-hydrogen) atoms. The van der Waals surface area contributed by atoms with Gasteiger partial charge in [-0.3, -0.25) is 0 Å². The third kappa shape index (κ3) is 7.00. The number of benzene rings is 1. The minimum atomic E-state index is 0.301. The smallest absolute Gasteiger partial charge is 0.0720 e. The number of nitrogens with one attached hydrogen (secondary N) is 1. The highest BCUT2D eigenvalue weighted by molar-refractivity contribution is 6.30. The van der Waals surface area contributed by atoms with E-state index >= 15 is 0 Å². The largest absolute Gasteiger partial charge is 0.374 e. The topological polar surface area (TPSA) is 21.3 Å². The van der Waals surface area contributed by atoms with Gasteiger partial charge in [0.2, 0.25) is 0 Å². The Kier molecular flexibility index (Phi) is 7.33. The Labute approximate surface area is 116 Å². The van der Waals surface area contributed by atoms with Crippen LogP contribution in [-0.4, -0.2) is 18.7 Å². The highest BCUT2D eigenvalue weighted by Crippen LogP contribution is 2.12. The van der Waals surface area contributed by atoms with Crippen molar-refractivity contribution in [3.05, 3.63) is 34.9 Å². The maximum atomic E-state index is 5.84. The van der Waals surface area contributed by atoms with Crippen molar-refractivity contribution in [3.63, 3.8) is 0 Å². The van der Waals surface area contributed by atoms with Crippen LogP contribution in [0.25, 0.3) is 0 Å². The van der Waals surface area contributed by atoms with E-state index in [0.29, 0.717) is 18.8 Å². The molecular formula is C15H24ClNO. The van der Waals surface area contributed by atoms with E-state index in [4.69, 9.17) is 16.3 Å². The number of rotatable bonds is 8. The predicted octanol–water partition coefficient (Wildman–Crippen LogP) is 4.02. The molecule has 0 bridgehead atoms. The van der Waals surface area contributed by atoms with Gasteiger partial charge in [-0.1, -0.05) is 37.6 Å². The summed E-state index contributed by atoms with van der Waals surface area (Å²) in [6.07, 6.45) is 2.54. The fourth-order valence-corrected chi connectivity index (χ4v) is 1.81. The monoisotopic (exact) mass is 269 g/mol. The molecule has 102 valence electrons. The molecule has 1 aromatic carbocycles. The quantitative estimate of drug-likeness (QED) is 0.720. The summed E-state index contributed by atoms with van der Waals surface area (Å²) in [6.45, 7) is 8.19. The number of hydrogen-bond donors (Lipinski definition) is 1. The normalized spacial score (nSPS) is 12.9. The van der Waals surface area contributed by atoms with Crippen LogP contribution >= 0.6 is 11.6 Å². The first kappa shape index (κ1) is 15.5. The lowest BCUT2D eigenvalue weighted by Crippen LogP contribution is -2.24. The average molecular weight is 270 g/mol. The summed E-state index contributed by atoms with van der Waals surface area (Å²) in [4.78, 5) is 0. The van der Waals surface area contributed by atoms with Crippen molar-refractivity contribution in [1.29, 1.82) is 0 Å². The van der Waals surface area contributed by atoms with Crippen molar-refractivity contribution in [1.82, 2.24) is 5.32 Å². The first-order valence-electron chi connectivity index (χ1n) is 6.67. The molecule has 0 spiro atoms. The maximum Gasteiger partial charge on any atom is 0.0720 e. The highest BCUT2D eigenvalue weighted by Gasteiger charge is 2.03. The third-order valence-corrected chi connectivity index (χ3v) is 3.04. The lowest BCUT2D eigenvalue weighted by Gasteiger charge is -2.14. The molecule has 2 nitrogen and oxygen atoms in total. The predicted molar refractivity (Wildman–Crippen MR) is 78.1 cm³/mol. The molecule has 0 aliphatic rings. The highest BCUT2D eigenvalue weighted by atomic mass is 35.5. The molecule has 0 heterocycles. The summed E-state index contributed by atoms with van der Waals surface area (Å²) < 4.78 is 5.80. The molecule has 1 N–H and O–H groups in total. The van der Waals surface area contributed by atoms with Gasteiger partial charge in [-0.15, -0.1) is 0 Å². The van der Waals surface area contributed by atoms with Crippen LogP contribution < -0.4 is 5.32 Å². The molecule has 1 atom stereocenters. The minimum absolute atomic E-state index is 0.301. The van der Waals surface area contributed by atoms with Crippen LogP contribution in [0.5, 0.6) is 0 Å². The van der Waals surface area contributed by atoms with E-state index in [0.717, 1.165) is 24.4 Å². The lowest BCUT2D eigenvalue weighted by molar-refractivity contribution is 0.0463. The fraction of sp³-hybridized carbons (Fsp3) is 0.600. The van der Waals surface area contributed by atoms with Crippen molar-refractivity contribution in [2.24, 2.45) is 0 Å². The van der Waals surface area contributed by atoms with Gasteiger partial charge in [0, 0.05) is 11.1 Å². The van der Waals surface area contributed by atoms with Crippen LogP contribution in [-0.2, 0) is 11.3 Å². The molecular weight excluding hydrogens is 246 g/mol. The van der Waals surface area contributed by atoms with Gasteiger partial charge in [0.15, 0.2) is 0 Å². The van der Waals surface area contributed by atoms with Crippen molar-refractivity contribution in [2.45, 2.75) is 52.4 Å². The summed E-state index contributed by atoms with van der Waals surface area (Å²) >= 11 is 5.84. The van der Waals surface area contributed by atoms with Gasteiger partial charge in [0.25, 0.3) is 0 Å². The second kappa shape index (κ2) is 8.52. The molecule has 0 fully saturated rings. The fourth-order valence-electron chi connectivity index (χ4n) is 1.68. The van der Waals surface area contributed by atoms with Gasteiger partial charge in [-0.2, -0.15) is 0 Å². The Balaban J connectivity index is 2.13. The zero-order valence-electron chi connectivity index (χ0n) is 11.6. The second-order valence-electron chi connectivity index (χ2n) is 5.00. The molecule has 1 aromatic rings. The van der Waals surface area contributed by atoms with Gasteiger partial charge in [0.1, 0.15) is 0 Å². The van der Waals surface area contributed by atoms with Gasteiger partial charge in [-0.25, -0.2) is 0 Å². The van der Waals surface area contributed by atoms with Crippen LogP contribution in [0.4, 0.5) is 0 Å². The number of hydrogen-bond acceptors (Lipinski definition) is 2. The first-order chi connectivity index (χ1) is 8.58. The van der Waals surface area contributed by atoms with E-state index in [1.165, 1.54) is 5.56 Å². The maximum absolute atomic E-state index is 5.84. The van der Waals surface area contributed by atoms with E-state index in [1.54, 1.807) is 0 Å². The van der Waals surface area contributed by atoms with Crippen molar-refractivity contribution >= 4 is 11.6 Å². The van der Waals surface area contributed by atoms with E-state index in [9.17, 15) is 0 Å². The Morgan fingerprint density at radius 1 is 1.17 bits per heavy atom. The Morgan fingerprint density at radius 2 is 1.83 bits per heavy atom. The summed E-state index contributed by atoms with van der Waals surface area (Å²) in [5.41, 5.74) is 1.17. The van der Waals surface area contributed by atoms with E-state index < -0.39 is 0 Å². The Hall–Kier alpha value is -0.570. The summed E-state index contributed by atoms with van der Waals surface area (Å²) in [6, 6.07) is 8.38. The second-order valence-corrected chi connectivity index (χ2v) is 5.44. The molecule has 0 radical (unpaired) electrons. The van der Waals surface area contributed by atoms with E-state index in [-0.39, 0.29) is 0 Å². The zero-order chi connectivity index (χ0) is 13.4. The van der Waals surface area contributed by atoms with E-state index in [1.807, 2.05) is 24.3 Å². The zero-order valence-corrected chi connectivity index (χ0v) is 12.3. The van der Waals surface area contributed by atoms with Crippen molar-refractivity contribution < 1.29 is 4.74 Å².